The van der Waals surface area contributed by atoms with Crippen molar-refractivity contribution >= 4 is 5.78 Å². The zero-order valence-corrected chi connectivity index (χ0v) is 22.1. The highest BCUT2D eigenvalue weighted by Gasteiger charge is 2.06. The van der Waals surface area contributed by atoms with Crippen LogP contribution in [0.15, 0.2) is 0 Å². The molecule has 10 heteroatoms. The minimum absolute atomic E-state index is 0. The van der Waals surface area contributed by atoms with Crippen LogP contribution in [0, 0.1) is 5.92 Å². The number of ketones is 1. The lowest BCUT2D eigenvalue weighted by Crippen LogP contribution is -2.15. The Balaban J connectivity index is -0.00000332. The average Bonchev–Trinajstić information content (AvgIpc) is 2.85. The molecule has 0 heterocycles. The molecule has 0 aliphatic heterocycles. The van der Waals surface area contributed by atoms with Gasteiger partial charge in [-0.05, 0) is 0 Å². The second-order valence-corrected chi connectivity index (χ2v) is 7.06. The van der Waals surface area contributed by atoms with Crippen LogP contribution in [0.5, 0.6) is 0 Å². The Labute approximate surface area is 208 Å². The molecule has 208 valence electrons. The highest BCUT2D eigenvalue weighted by molar-refractivity contribution is 5.80. The summed E-state index contributed by atoms with van der Waals surface area (Å²) in [6.07, 6.45) is 0.460. The number of ether oxygens (including phenoxy) is 8. The van der Waals surface area contributed by atoms with Crippen molar-refractivity contribution in [3.05, 3.63) is 0 Å². The van der Waals surface area contributed by atoms with E-state index in [2.05, 4.69) is 0 Å². The van der Waals surface area contributed by atoms with Gasteiger partial charge in [-0.2, -0.15) is 0 Å². The van der Waals surface area contributed by atoms with Crippen molar-refractivity contribution in [3.8, 4) is 0 Å². The van der Waals surface area contributed by atoms with Gasteiger partial charge in [0.1, 0.15) is 5.78 Å². The first-order valence-corrected chi connectivity index (χ1v) is 12.5. The molecule has 0 atom stereocenters. The molecule has 0 aromatic rings. The quantitative estimate of drug-likeness (QED) is 0.168. The van der Waals surface area contributed by atoms with E-state index in [1.165, 1.54) is 0 Å². The van der Waals surface area contributed by atoms with Crippen LogP contribution in [0.25, 0.3) is 0 Å². The van der Waals surface area contributed by atoms with E-state index in [0.717, 1.165) is 0 Å². The second-order valence-electron chi connectivity index (χ2n) is 7.06. The third kappa shape index (κ3) is 31.3. The van der Waals surface area contributed by atoms with Gasteiger partial charge in [0.15, 0.2) is 0 Å². The summed E-state index contributed by atoms with van der Waals surface area (Å²) in [6, 6.07) is 0. The Hall–Kier alpha value is -0.690. The van der Waals surface area contributed by atoms with E-state index in [0.29, 0.717) is 119 Å². The molecule has 0 radical (unpaired) electrons. The zero-order chi connectivity index (χ0) is 25.5. The topological polar surface area (TPSA) is 117 Å². The van der Waals surface area contributed by atoms with Gasteiger partial charge in [0.05, 0.1) is 106 Å². The van der Waals surface area contributed by atoms with Gasteiger partial charge in [-0.3, -0.25) is 4.79 Å². The van der Waals surface area contributed by atoms with E-state index < -0.39 is 0 Å². The monoisotopic (exact) mass is 499 g/mol. The first kappa shape index (κ1) is 35.5. The summed E-state index contributed by atoms with van der Waals surface area (Å²) >= 11 is 0. The maximum Gasteiger partial charge on any atom is 0.137 e. The zero-order valence-electron chi connectivity index (χ0n) is 22.1. The predicted molar refractivity (Wildman–Crippen MR) is 134 cm³/mol. The van der Waals surface area contributed by atoms with Gasteiger partial charge in [-0.1, -0.05) is 27.7 Å². The molecule has 0 saturated carbocycles. The van der Waals surface area contributed by atoms with Gasteiger partial charge in [0, 0.05) is 20.3 Å². The fraction of sp³-hybridized carbons (Fsp3) is 0.958. The summed E-state index contributed by atoms with van der Waals surface area (Å²) in [6.45, 7) is 16.6. The normalized spacial score (nSPS) is 11.0. The summed E-state index contributed by atoms with van der Waals surface area (Å²) in [4.78, 5) is 11.4. The maximum absolute atomic E-state index is 11.4. The molecule has 0 aromatic heterocycles. The lowest BCUT2D eigenvalue weighted by Gasteiger charge is -2.08. The Morgan fingerprint density at radius 2 is 0.765 bits per heavy atom. The molecule has 10 nitrogen and oxygen atoms in total. The van der Waals surface area contributed by atoms with Crippen molar-refractivity contribution in [1.82, 2.24) is 0 Å². The van der Waals surface area contributed by atoms with E-state index in [-0.39, 0.29) is 13.1 Å². The van der Waals surface area contributed by atoms with E-state index >= 15 is 0 Å². The number of rotatable bonds is 27. The summed E-state index contributed by atoms with van der Waals surface area (Å²) in [7, 11) is 0. The maximum atomic E-state index is 11.4. The summed E-state index contributed by atoms with van der Waals surface area (Å²) < 4.78 is 42.9. The van der Waals surface area contributed by atoms with Crippen molar-refractivity contribution in [1.29, 1.82) is 0 Å². The van der Waals surface area contributed by atoms with E-state index in [9.17, 15) is 4.79 Å². The molecule has 34 heavy (non-hydrogen) atoms. The standard InChI is InChI=1S/C22H45NO9.C2H6.H2/c1-21(2)22(24)3-5-25-7-9-27-11-13-29-15-17-31-19-20-32-18-16-30-14-12-28-10-8-26-6-4-23;1-2;/h21H,3-20,23H2,1-2H3;1-2H3;1H. The highest BCUT2D eigenvalue weighted by Crippen LogP contribution is 1.98. The molecule has 0 aromatic carbocycles. The van der Waals surface area contributed by atoms with Crippen molar-refractivity contribution < 1.29 is 44.1 Å². The molecule has 0 bridgehead atoms. The van der Waals surface area contributed by atoms with Gasteiger partial charge in [-0.25, -0.2) is 0 Å². The van der Waals surface area contributed by atoms with Crippen LogP contribution in [-0.2, 0) is 42.7 Å². The lowest BCUT2D eigenvalue weighted by molar-refractivity contribution is -0.123. The minimum Gasteiger partial charge on any atom is -0.379 e. The number of carbonyl (C=O) groups is 1. The number of Topliss-reactive ketones (excluding diaryl/α,β-unsaturated/α-hetero) is 1. The van der Waals surface area contributed by atoms with Crippen LogP contribution in [0.4, 0.5) is 0 Å². The lowest BCUT2D eigenvalue weighted by atomic mass is 10.1. The van der Waals surface area contributed by atoms with Crippen molar-refractivity contribution in [2.45, 2.75) is 34.1 Å². The van der Waals surface area contributed by atoms with Gasteiger partial charge < -0.3 is 43.6 Å². The smallest absolute Gasteiger partial charge is 0.137 e. The van der Waals surface area contributed by atoms with Crippen LogP contribution in [-0.4, -0.2) is 118 Å². The largest absolute Gasteiger partial charge is 0.379 e. The Morgan fingerprint density at radius 1 is 0.529 bits per heavy atom. The molecule has 0 saturated heterocycles. The molecular weight excluding hydrogens is 446 g/mol. The average molecular weight is 500 g/mol. The van der Waals surface area contributed by atoms with Crippen molar-refractivity contribution in [2.75, 3.05) is 112 Å². The molecule has 2 N–H and O–H groups in total. The SMILES string of the molecule is CC.CC(C)C(=O)CCOCCOCCOCCOCCOCCOCCOCCOCCN.[HH]. The Kier molecular flexibility index (Phi) is 33.7. The molecule has 0 amide bonds. The summed E-state index contributed by atoms with van der Waals surface area (Å²) in [5.41, 5.74) is 5.31. The highest BCUT2D eigenvalue weighted by atomic mass is 16.6. The first-order valence-electron chi connectivity index (χ1n) is 12.5. The van der Waals surface area contributed by atoms with E-state index in [1.54, 1.807) is 0 Å². The van der Waals surface area contributed by atoms with Gasteiger partial charge >= 0.3 is 0 Å². The third-order valence-electron chi connectivity index (χ3n) is 4.00. The molecule has 0 spiro atoms. The summed E-state index contributed by atoms with van der Waals surface area (Å²) in [5.74, 6) is 0.290. The van der Waals surface area contributed by atoms with E-state index in [4.69, 9.17) is 43.6 Å². The van der Waals surface area contributed by atoms with Crippen LogP contribution < -0.4 is 5.73 Å². The van der Waals surface area contributed by atoms with Gasteiger partial charge in [0.2, 0.25) is 0 Å². The molecule has 0 aliphatic carbocycles. The minimum atomic E-state index is 0. The second kappa shape index (κ2) is 32.3. The summed E-state index contributed by atoms with van der Waals surface area (Å²) in [5, 5.41) is 0. The number of nitrogens with two attached hydrogens (primary N) is 1. The third-order valence-corrected chi connectivity index (χ3v) is 4.00. The van der Waals surface area contributed by atoms with Crippen LogP contribution in [0.1, 0.15) is 35.5 Å². The number of hydrogen-bond acceptors (Lipinski definition) is 10. The van der Waals surface area contributed by atoms with Gasteiger partial charge in [-0.15, -0.1) is 0 Å². The fourth-order valence-electron chi connectivity index (χ4n) is 2.19. The van der Waals surface area contributed by atoms with Crippen molar-refractivity contribution in [3.63, 3.8) is 0 Å². The predicted octanol–water partition coefficient (Wildman–Crippen LogP) is 1.97. The van der Waals surface area contributed by atoms with Crippen LogP contribution >= 0.6 is 0 Å². The van der Waals surface area contributed by atoms with Crippen LogP contribution in [0.2, 0.25) is 0 Å². The molecule has 0 rings (SSSR count). The molecular formula is C24H53NO9. The van der Waals surface area contributed by atoms with Crippen molar-refractivity contribution in [2.24, 2.45) is 11.7 Å². The molecule has 0 aliphatic rings. The Morgan fingerprint density at radius 3 is 1.00 bits per heavy atom. The molecule has 0 fully saturated rings. The Bertz CT molecular complexity index is 394. The number of carbonyl (C=O) groups excluding carboxylic acids is 1. The fourth-order valence-corrected chi connectivity index (χ4v) is 2.19. The van der Waals surface area contributed by atoms with Gasteiger partial charge in [0.25, 0.3) is 0 Å². The van der Waals surface area contributed by atoms with E-state index in [1.807, 2.05) is 27.7 Å². The molecule has 0 unspecified atom stereocenters. The van der Waals surface area contributed by atoms with Crippen LogP contribution in [0.3, 0.4) is 0 Å². The first-order chi connectivity index (χ1) is 16.7. The number of hydrogen-bond donors (Lipinski definition) is 1.